The zero-order chi connectivity index (χ0) is 11.3. The Morgan fingerprint density at radius 2 is 1.93 bits per heavy atom. The molecule has 1 aliphatic heterocycles. The molecule has 90 valence electrons. The van der Waals surface area contributed by atoms with Gasteiger partial charge in [0, 0.05) is 32.7 Å². The third kappa shape index (κ3) is 6.10. The summed E-state index contributed by atoms with van der Waals surface area (Å²) in [6, 6.07) is 0. The maximum atomic E-state index is 9.65. The van der Waals surface area contributed by atoms with Gasteiger partial charge in [-0.1, -0.05) is 0 Å². The first-order chi connectivity index (χ1) is 6.97. The van der Waals surface area contributed by atoms with Crippen molar-refractivity contribution in [3.8, 4) is 0 Å². The predicted octanol–water partition coefficient (Wildman–Crippen LogP) is 0.0213. The molecule has 1 saturated heterocycles. The number of aliphatic hydroxyl groups is 1. The third-order valence-electron chi connectivity index (χ3n) is 2.56. The molecule has 0 saturated carbocycles. The zero-order valence-electron chi connectivity index (χ0n) is 10.2. The number of rotatable bonds is 5. The summed E-state index contributed by atoms with van der Waals surface area (Å²) in [6.45, 7) is 10.3. The fourth-order valence-corrected chi connectivity index (χ4v) is 1.88. The van der Waals surface area contributed by atoms with Crippen molar-refractivity contribution in [2.75, 3.05) is 53.0 Å². The van der Waals surface area contributed by atoms with Gasteiger partial charge >= 0.3 is 0 Å². The van der Waals surface area contributed by atoms with Gasteiger partial charge in [0.1, 0.15) is 0 Å². The van der Waals surface area contributed by atoms with Crippen molar-refractivity contribution in [1.82, 2.24) is 9.80 Å². The van der Waals surface area contributed by atoms with Crippen LogP contribution in [0.3, 0.4) is 0 Å². The van der Waals surface area contributed by atoms with Crippen LogP contribution in [-0.4, -0.2) is 73.5 Å². The first kappa shape index (κ1) is 12.9. The van der Waals surface area contributed by atoms with Crippen LogP contribution in [0.2, 0.25) is 0 Å². The summed E-state index contributed by atoms with van der Waals surface area (Å²) in [4.78, 5) is 4.58. The van der Waals surface area contributed by atoms with E-state index in [-0.39, 0.29) is 0 Å². The predicted molar refractivity (Wildman–Crippen MR) is 61.1 cm³/mol. The molecule has 0 aromatic carbocycles. The van der Waals surface area contributed by atoms with E-state index in [4.69, 9.17) is 4.74 Å². The second-order valence-corrected chi connectivity index (χ2v) is 5.00. The molecule has 1 aliphatic rings. The Labute approximate surface area is 92.8 Å². The fourth-order valence-electron chi connectivity index (χ4n) is 1.88. The van der Waals surface area contributed by atoms with E-state index in [1.165, 1.54) is 0 Å². The summed E-state index contributed by atoms with van der Waals surface area (Å²) in [5.74, 6) is 0. The number of hydrogen-bond acceptors (Lipinski definition) is 4. The summed E-state index contributed by atoms with van der Waals surface area (Å²) in [7, 11) is 2.05. The van der Waals surface area contributed by atoms with E-state index in [1.54, 1.807) is 0 Å². The lowest BCUT2D eigenvalue weighted by molar-refractivity contribution is 0.0215. The highest BCUT2D eigenvalue weighted by atomic mass is 16.5. The molecule has 1 heterocycles. The number of ether oxygens (including phenoxy) is 1. The van der Waals surface area contributed by atoms with E-state index in [0.29, 0.717) is 0 Å². The molecular weight excluding hydrogens is 192 g/mol. The van der Waals surface area contributed by atoms with Gasteiger partial charge in [-0.15, -0.1) is 0 Å². The quantitative estimate of drug-likeness (QED) is 0.703. The molecule has 0 bridgehead atoms. The van der Waals surface area contributed by atoms with Crippen LogP contribution in [-0.2, 0) is 4.74 Å². The number of likely N-dealkylation sites (N-methyl/N-ethyl adjacent to an activating group) is 1. The summed E-state index contributed by atoms with van der Waals surface area (Å²) in [6.07, 6.45) is 0. The first-order valence-corrected chi connectivity index (χ1v) is 5.68. The van der Waals surface area contributed by atoms with Crippen LogP contribution in [0.5, 0.6) is 0 Å². The maximum Gasteiger partial charge on any atom is 0.0718 e. The lowest BCUT2D eigenvalue weighted by Crippen LogP contribution is -2.43. The minimum Gasteiger partial charge on any atom is -0.389 e. The van der Waals surface area contributed by atoms with E-state index in [1.807, 2.05) is 13.8 Å². The molecule has 1 fully saturated rings. The monoisotopic (exact) mass is 216 g/mol. The van der Waals surface area contributed by atoms with Gasteiger partial charge in [0.15, 0.2) is 0 Å². The molecule has 4 nitrogen and oxygen atoms in total. The van der Waals surface area contributed by atoms with Crippen molar-refractivity contribution < 1.29 is 9.84 Å². The average Bonchev–Trinajstić information content (AvgIpc) is 2.14. The van der Waals surface area contributed by atoms with Gasteiger partial charge in [-0.05, 0) is 20.9 Å². The molecule has 0 radical (unpaired) electrons. The van der Waals surface area contributed by atoms with E-state index in [9.17, 15) is 5.11 Å². The summed E-state index contributed by atoms with van der Waals surface area (Å²) in [5, 5.41) is 9.65. The Balaban J connectivity index is 2.12. The molecule has 15 heavy (non-hydrogen) atoms. The molecule has 0 aromatic heterocycles. The minimum absolute atomic E-state index is 0.597. The van der Waals surface area contributed by atoms with Gasteiger partial charge in [-0.3, -0.25) is 4.90 Å². The van der Waals surface area contributed by atoms with E-state index in [2.05, 4.69) is 16.8 Å². The van der Waals surface area contributed by atoms with Gasteiger partial charge < -0.3 is 14.7 Å². The Bertz CT molecular complexity index is 174. The molecule has 0 amide bonds. The molecule has 0 atom stereocenters. The Morgan fingerprint density at radius 1 is 1.33 bits per heavy atom. The highest BCUT2D eigenvalue weighted by molar-refractivity contribution is 4.71. The van der Waals surface area contributed by atoms with Crippen molar-refractivity contribution in [2.45, 2.75) is 19.4 Å². The van der Waals surface area contributed by atoms with Crippen molar-refractivity contribution in [2.24, 2.45) is 0 Å². The van der Waals surface area contributed by atoms with Gasteiger partial charge in [0.2, 0.25) is 0 Å². The number of hydrogen-bond donors (Lipinski definition) is 1. The molecule has 0 aromatic rings. The maximum absolute atomic E-state index is 9.65. The second kappa shape index (κ2) is 5.80. The summed E-state index contributed by atoms with van der Waals surface area (Å²) in [5.41, 5.74) is -0.597. The Kier molecular flexibility index (Phi) is 4.99. The van der Waals surface area contributed by atoms with Crippen LogP contribution in [0.4, 0.5) is 0 Å². The van der Waals surface area contributed by atoms with Crippen molar-refractivity contribution in [3.63, 3.8) is 0 Å². The molecule has 4 heteroatoms. The van der Waals surface area contributed by atoms with Gasteiger partial charge in [-0.25, -0.2) is 0 Å². The Morgan fingerprint density at radius 3 is 2.47 bits per heavy atom. The molecule has 1 rings (SSSR count). The van der Waals surface area contributed by atoms with Crippen molar-refractivity contribution >= 4 is 0 Å². The first-order valence-electron chi connectivity index (χ1n) is 5.68. The SMILES string of the molecule is CN(CCN1CCOCC1)CC(C)(C)O. The number of nitrogens with zero attached hydrogens (tertiary/aromatic N) is 2. The zero-order valence-corrected chi connectivity index (χ0v) is 10.2. The Hall–Kier alpha value is -0.160. The summed E-state index contributed by atoms with van der Waals surface area (Å²) >= 11 is 0. The van der Waals surface area contributed by atoms with Crippen LogP contribution in [0.1, 0.15) is 13.8 Å². The second-order valence-electron chi connectivity index (χ2n) is 5.00. The van der Waals surface area contributed by atoms with Crippen LogP contribution < -0.4 is 0 Å². The smallest absolute Gasteiger partial charge is 0.0718 e. The molecule has 1 N–H and O–H groups in total. The van der Waals surface area contributed by atoms with Crippen LogP contribution in [0.25, 0.3) is 0 Å². The van der Waals surface area contributed by atoms with Crippen LogP contribution in [0.15, 0.2) is 0 Å². The standard InChI is InChI=1S/C11H24N2O2/c1-11(2,14)10-12(3)4-5-13-6-8-15-9-7-13/h14H,4-10H2,1-3H3. The highest BCUT2D eigenvalue weighted by Gasteiger charge is 2.16. The van der Waals surface area contributed by atoms with Crippen LogP contribution >= 0.6 is 0 Å². The van der Waals surface area contributed by atoms with E-state index >= 15 is 0 Å². The molecule has 0 aliphatic carbocycles. The molecular formula is C11H24N2O2. The highest BCUT2D eigenvalue weighted by Crippen LogP contribution is 2.03. The largest absolute Gasteiger partial charge is 0.389 e. The van der Waals surface area contributed by atoms with E-state index in [0.717, 1.165) is 45.9 Å². The lowest BCUT2D eigenvalue weighted by Gasteiger charge is -2.30. The fraction of sp³-hybridized carbons (Fsp3) is 1.00. The topological polar surface area (TPSA) is 35.9 Å². The molecule has 0 unspecified atom stereocenters. The van der Waals surface area contributed by atoms with Crippen molar-refractivity contribution in [3.05, 3.63) is 0 Å². The van der Waals surface area contributed by atoms with E-state index < -0.39 is 5.60 Å². The van der Waals surface area contributed by atoms with Gasteiger partial charge in [0.25, 0.3) is 0 Å². The third-order valence-corrected chi connectivity index (χ3v) is 2.56. The van der Waals surface area contributed by atoms with Gasteiger partial charge in [0.05, 0.1) is 18.8 Å². The van der Waals surface area contributed by atoms with Gasteiger partial charge in [-0.2, -0.15) is 0 Å². The van der Waals surface area contributed by atoms with Crippen molar-refractivity contribution in [1.29, 1.82) is 0 Å². The molecule has 0 spiro atoms. The van der Waals surface area contributed by atoms with Crippen LogP contribution in [0, 0.1) is 0 Å². The lowest BCUT2D eigenvalue weighted by atomic mass is 10.1. The summed E-state index contributed by atoms with van der Waals surface area (Å²) < 4.78 is 5.29. The minimum atomic E-state index is -0.597. The average molecular weight is 216 g/mol. The number of morpholine rings is 1. The normalized spacial score (nSPS) is 19.8.